The van der Waals surface area contributed by atoms with Gasteiger partial charge < -0.3 is 5.32 Å². The van der Waals surface area contributed by atoms with Gasteiger partial charge in [0, 0.05) is 18.5 Å². The van der Waals surface area contributed by atoms with Crippen molar-refractivity contribution in [3.05, 3.63) is 35.1 Å². The molecule has 16 heavy (non-hydrogen) atoms. The van der Waals surface area contributed by atoms with Gasteiger partial charge in [0.1, 0.15) is 5.82 Å². The van der Waals surface area contributed by atoms with Gasteiger partial charge in [-0.1, -0.05) is 17.9 Å². The van der Waals surface area contributed by atoms with Crippen molar-refractivity contribution in [1.29, 1.82) is 5.26 Å². The van der Waals surface area contributed by atoms with Crippen LogP contribution in [-0.4, -0.2) is 13.6 Å². The summed E-state index contributed by atoms with van der Waals surface area (Å²) in [6.45, 7) is 0.801. The summed E-state index contributed by atoms with van der Waals surface area (Å²) in [5, 5.41) is 11.6. The Hall–Kier alpha value is -1.84. The summed E-state index contributed by atoms with van der Waals surface area (Å²) in [7, 11) is 1.85. The molecule has 0 saturated carbocycles. The first-order valence-electron chi connectivity index (χ1n) is 5.06. The van der Waals surface area contributed by atoms with Gasteiger partial charge in [-0.25, -0.2) is 4.39 Å². The summed E-state index contributed by atoms with van der Waals surface area (Å²) in [5.74, 6) is 5.51. The molecular weight excluding hydrogens is 203 g/mol. The molecule has 0 spiro atoms. The van der Waals surface area contributed by atoms with Crippen molar-refractivity contribution in [2.24, 2.45) is 0 Å². The molecule has 0 aliphatic rings. The van der Waals surface area contributed by atoms with E-state index in [9.17, 15) is 4.39 Å². The quantitative estimate of drug-likeness (QED) is 0.618. The van der Waals surface area contributed by atoms with Crippen molar-refractivity contribution in [3.8, 4) is 17.9 Å². The highest BCUT2D eigenvalue weighted by Gasteiger charge is 2.00. The number of benzene rings is 1. The van der Waals surface area contributed by atoms with E-state index in [-0.39, 0.29) is 12.2 Å². The number of nitriles is 1. The lowest BCUT2D eigenvalue weighted by Crippen LogP contribution is -2.05. The van der Waals surface area contributed by atoms with E-state index in [1.807, 2.05) is 13.1 Å². The van der Waals surface area contributed by atoms with Crippen LogP contribution in [0.1, 0.15) is 17.5 Å². The van der Waals surface area contributed by atoms with Crippen LogP contribution in [0.3, 0.4) is 0 Å². The minimum atomic E-state index is -0.320. The highest BCUT2D eigenvalue weighted by atomic mass is 19.1. The van der Waals surface area contributed by atoms with Crippen molar-refractivity contribution >= 4 is 0 Å². The van der Waals surface area contributed by atoms with Crippen molar-refractivity contribution in [2.75, 3.05) is 13.6 Å². The molecule has 0 aliphatic heterocycles. The third-order valence-electron chi connectivity index (χ3n) is 2.06. The molecule has 0 aromatic heterocycles. The van der Waals surface area contributed by atoms with E-state index in [1.165, 1.54) is 12.1 Å². The maximum absolute atomic E-state index is 13.0. The Bertz CT molecular complexity index is 449. The average molecular weight is 216 g/mol. The maximum atomic E-state index is 13.0. The van der Waals surface area contributed by atoms with Crippen molar-refractivity contribution in [3.63, 3.8) is 0 Å². The molecule has 0 unspecified atom stereocenters. The van der Waals surface area contributed by atoms with Crippen molar-refractivity contribution in [2.45, 2.75) is 12.8 Å². The molecule has 2 nitrogen and oxygen atoms in total. The molecule has 1 aromatic rings. The summed E-state index contributed by atoms with van der Waals surface area (Å²) in [6, 6.07) is 6.38. The first-order chi connectivity index (χ1) is 7.77. The van der Waals surface area contributed by atoms with Gasteiger partial charge in [-0.15, -0.1) is 0 Å². The SMILES string of the molecule is CNCCC#Cc1cc(F)ccc1CC#N. The lowest BCUT2D eigenvalue weighted by atomic mass is 10.1. The Morgan fingerprint density at radius 3 is 2.94 bits per heavy atom. The number of halogens is 1. The van der Waals surface area contributed by atoms with E-state index in [2.05, 4.69) is 17.2 Å². The molecule has 0 fully saturated rings. The Labute approximate surface area is 95.1 Å². The fourth-order valence-electron chi connectivity index (χ4n) is 1.25. The van der Waals surface area contributed by atoms with Gasteiger partial charge in [0.15, 0.2) is 0 Å². The Kier molecular flexibility index (Phi) is 5.05. The van der Waals surface area contributed by atoms with Crippen LogP contribution in [0.15, 0.2) is 18.2 Å². The van der Waals surface area contributed by atoms with Gasteiger partial charge >= 0.3 is 0 Å². The smallest absolute Gasteiger partial charge is 0.124 e. The van der Waals surface area contributed by atoms with Crippen molar-refractivity contribution < 1.29 is 4.39 Å². The number of nitrogens with one attached hydrogen (secondary N) is 1. The summed E-state index contributed by atoms with van der Waals surface area (Å²) in [4.78, 5) is 0. The predicted octanol–water partition coefficient (Wildman–Crippen LogP) is 1.85. The molecule has 0 amide bonds. The normalized spacial score (nSPS) is 9.06. The van der Waals surface area contributed by atoms with Crippen LogP contribution in [0.4, 0.5) is 4.39 Å². The Balaban J connectivity index is 2.86. The summed E-state index contributed by atoms with van der Waals surface area (Å²) < 4.78 is 13.0. The summed E-state index contributed by atoms with van der Waals surface area (Å²) >= 11 is 0. The molecule has 0 saturated heterocycles. The van der Waals surface area contributed by atoms with Crippen LogP contribution in [0.5, 0.6) is 0 Å². The van der Waals surface area contributed by atoms with Gasteiger partial charge in [0.2, 0.25) is 0 Å². The van der Waals surface area contributed by atoms with E-state index in [0.29, 0.717) is 12.0 Å². The van der Waals surface area contributed by atoms with E-state index < -0.39 is 0 Å². The highest BCUT2D eigenvalue weighted by Crippen LogP contribution is 2.10. The molecule has 0 bridgehead atoms. The molecular formula is C13H13FN2. The van der Waals surface area contributed by atoms with Gasteiger partial charge in [0.25, 0.3) is 0 Å². The van der Waals surface area contributed by atoms with E-state index >= 15 is 0 Å². The molecule has 0 heterocycles. The first kappa shape index (κ1) is 12.2. The topological polar surface area (TPSA) is 35.8 Å². The van der Waals surface area contributed by atoms with E-state index in [4.69, 9.17) is 5.26 Å². The van der Waals surface area contributed by atoms with Crippen LogP contribution in [0.25, 0.3) is 0 Å². The second-order valence-corrected chi connectivity index (χ2v) is 3.29. The molecule has 82 valence electrons. The first-order valence-corrected chi connectivity index (χ1v) is 5.06. The fraction of sp³-hybridized carbons (Fsp3) is 0.308. The Morgan fingerprint density at radius 2 is 2.25 bits per heavy atom. The molecule has 0 atom stereocenters. The monoisotopic (exact) mass is 216 g/mol. The predicted molar refractivity (Wildman–Crippen MR) is 61.1 cm³/mol. The van der Waals surface area contributed by atoms with Crippen LogP contribution >= 0.6 is 0 Å². The van der Waals surface area contributed by atoms with Crippen LogP contribution in [0, 0.1) is 29.0 Å². The zero-order valence-corrected chi connectivity index (χ0v) is 9.18. The molecule has 0 radical (unpaired) electrons. The third-order valence-corrected chi connectivity index (χ3v) is 2.06. The fourth-order valence-corrected chi connectivity index (χ4v) is 1.25. The highest BCUT2D eigenvalue weighted by molar-refractivity contribution is 5.42. The standard InChI is InChI=1S/C13H13FN2/c1-16-9-3-2-4-12-10-13(14)6-5-11(12)7-8-15/h5-6,10,16H,3,7,9H2,1H3. The van der Waals surface area contributed by atoms with Crippen LogP contribution in [0.2, 0.25) is 0 Å². The van der Waals surface area contributed by atoms with Gasteiger partial charge in [-0.3, -0.25) is 0 Å². The van der Waals surface area contributed by atoms with Gasteiger partial charge in [0.05, 0.1) is 12.5 Å². The van der Waals surface area contributed by atoms with Crippen LogP contribution in [-0.2, 0) is 6.42 Å². The van der Waals surface area contributed by atoms with Gasteiger partial charge in [-0.2, -0.15) is 5.26 Å². The second kappa shape index (κ2) is 6.61. The lowest BCUT2D eigenvalue weighted by Gasteiger charge is -1.99. The molecule has 3 heteroatoms. The number of hydrogen-bond acceptors (Lipinski definition) is 2. The zero-order valence-electron chi connectivity index (χ0n) is 9.18. The molecule has 1 rings (SSSR count). The minimum absolute atomic E-state index is 0.260. The minimum Gasteiger partial charge on any atom is -0.319 e. The van der Waals surface area contributed by atoms with Gasteiger partial charge in [-0.05, 0) is 24.7 Å². The molecule has 0 aliphatic carbocycles. The summed E-state index contributed by atoms with van der Waals surface area (Å²) in [6.07, 6.45) is 0.968. The zero-order chi connectivity index (χ0) is 11.8. The average Bonchev–Trinajstić information content (AvgIpc) is 2.28. The van der Waals surface area contributed by atoms with Crippen molar-refractivity contribution in [1.82, 2.24) is 5.32 Å². The maximum Gasteiger partial charge on any atom is 0.124 e. The number of nitrogens with zero attached hydrogens (tertiary/aromatic N) is 1. The number of hydrogen-bond donors (Lipinski definition) is 1. The van der Waals surface area contributed by atoms with E-state index in [0.717, 1.165) is 12.1 Å². The van der Waals surface area contributed by atoms with E-state index in [1.54, 1.807) is 6.07 Å². The second-order valence-electron chi connectivity index (χ2n) is 3.29. The lowest BCUT2D eigenvalue weighted by molar-refractivity contribution is 0.627. The third kappa shape index (κ3) is 3.73. The van der Waals surface area contributed by atoms with Crippen LogP contribution < -0.4 is 5.32 Å². The summed E-state index contributed by atoms with van der Waals surface area (Å²) in [5.41, 5.74) is 1.39. The molecule has 1 aromatic carbocycles. The number of rotatable bonds is 3. The Morgan fingerprint density at radius 1 is 1.44 bits per heavy atom. The largest absolute Gasteiger partial charge is 0.319 e. The molecule has 1 N–H and O–H groups in total.